The molecule has 198 valence electrons. The van der Waals surface area contributed by atoms with E-state index in [2.05, 4.69) is 15.6 Å². The Balaban J connectivity index is 1.57. The first-order valence-electron chi connectivity index (χ1n) is 12.7. The van der Waals surface area contributed by atoms with Crippen LogP contribution in [-0.4, -0.2) is 52.0 Å². The lowest BCUT2D eigenvalue weighted by Gasteiger charge is -2.33. The number of carbonyl (C=O) groups is 2. The molecule has 10 heteroatoms. The monoisotopic (exact) mass is 533 g/mol. The molecule has 0 unspecified atom stereocenters. The first-order chi connectivity index (χ1) is 18.6. The molecule has 1 aliphatic rings. The van der Waals surface area contributed by atoms with E-state index in [4.69, 9.17) is 9.47 Å². The van der Waals surface area contributed by atoms with Crippen LogP contribution < -0.4 is 14.8 Å². The number of hydrogen-bond acceptors (Lipinski definition) is 7. The van der Waals surface area contributed by atoms with Crippen molar-refractivity contribution in [1.29, 1.82) is 0 Å². The molecule has 2 heterocycles. The Labute approximate surface area is 225 Å². The zero-order chi connectivity index (χ0) is 26.5. The zero-order valence-electron chi connectivity index (χ0n) is 21.5. The Morgan fingerprint density at radius 1 is 1.08 bits per heavy atom. The first kappa shape index (κ1) is 25.7. The minimum atomic E-state index is -0.940. The predicted octanol–water partition coefficient (Wildman–Crippen LogP) is 4.34. The third-order valence-corrected chi connectivity index (χ3v) is 7.78. The number of thiophene rings is 1. The number of ether oxygens (including phenoxy) is 2. The number of hydrogen-bond donors (Lipinski definition) is 1. The van der Waals surface area contributed by atoms with Gasteiger partial charge in [0.2, 0.25) is 11.8 Å². The lowest BCUT2D eigenvalue weighted by atomic mass is 10.0. The summed E-state index contributed by atoms with van der Waals surface area (Å²) in [5.41, 5.74) is 2.02. The molecule has 1 aliphatic carbocycles. The third kappa shape index (κ3) is 5.35. The van der Waals surface area contributed by atoms with Crippen LogP contribution in [0.4, 0.5) is 0 Å². The highest BCUT2D eigenvalue weighted by atomic mass is 32.1. The van der Waals surface area contributed by atoms with E-state index < -0.39 is 6.04 Å². The van der Waals surface area contributed by atoms with Gasteiger partial charge in [-0.3, -0.25) is 9.59 Å². The molecule has 0 spiro atoms. The summed E-state index contributed by atoms with van der Waals surface area (Å²) in [7, 11) is 3.10. The average Bonchev–Trinajstić information content (AvgIpc) is 3.71. The number of methoxy groups -OCH3 is 2. The fraction of sp³-hybridized carbons (Fsp3) is 0.357. The molecular formula is C28H31N5O4S. The third-order valence-electron chi connectivity index (χ3n) is 6.92. The number of carbonyl (C=O) groups excluding carboxylic acids is 2. The molecule has 1 fully saturated rings. The van der Waals surface area contributed by atoms with Gasteiger partial charge in [0, 0.05) is 16.5 Å². The number of para-hydroxylation sites is 2. The van der Waals surface area contributed by atoms with Crippen molar-refractivity contribution < 1.29 is 19.1 Å². The van der Waals surface area contributed by atoms with E-state index in [1.807, 2.05) is 53.9 Å². The molecule has 5 rings (SSSR count). The molecular weight excluding hydrogens is 502 g/mol. The fourth-order valence-corrected chi connectivity index (χ4v) is 5.78. The van der Waals surface area contributed by atoms with Gasteiger partial charge in [-0.15, -0.1) is 16.4 Å². The molecule has 0 saturated heterocycles. The van der Waals surface area contributed by atoms with Crippen molar-refractivity contribution >= 4 is 34.2 Å². The molecule has 0 aliphatic heterocycles. The summed E-state index contributed by atoms with van der Waals surface area (Å²) in [6, 6.07) is 15.9. The van der Waals surface area contributed by atoms with Gasteiger partial charge in [-0.1, -0.05) is 48.4 Å². The quantitative estimate of drug-likeness (QED) is 0.326. The van der Waals surface area contributed by atoms with Crippen LogP contribution in [0.1, 0.15) is 42.2 Å². The second-order valence-corrected chi connectivity index (χ2v) is 10.3. The molecule has 2 amide bonds. The molecule has 4 aromatic rings. The van der Waals surface area contributed by atoms with E-state index in [9.17, 15) is 9.59 Å². The van der Waals surface area contributed by atoms with Crippen LogP contribution in [0.3, 0.4) is 0 Å². The van der Waals surface area contributed by atoms with Crippen molar-refractivity contribution in [2.45, 2.75) is 50.9 Å². The maximum atomic E-state index is 14.1. The standard InChI is InChI=1S/C28H31N5O4S/c1-36-24-15-7-12-21(27(24)37-2)26(28(35)29-19-9-3-4-10-19)32(17-20-11-8-16-38-20)25(34)18-33-23-14-6-5-13-22(23)30-31-33/h5-8,11-16,19,26H,3-4,9-10,17-18H2,1-2H3,(H,29,35)/t26-/m1/s1. The van der Waals surface area contributed by atoms with Gasteiger partial charge in [-0.2, -0.15) is 0 Å². The van der Waals surface area contributed by atoms with Crippen LogP contribution >= 0.6 is 11.3 Å². The summed E-state index contributed by atoms with van der Waals surface area (Å²) in [6.45, 7) is 0.192. The summed E-state index contributed by atoms with van der Waals surface area (Å²) >= 11 is 1.54. The number of nitrogens with zero attached hydrogens (tertiary/aromatic N) is 4. The van der Waals surface area contributed by atoms with Crippen molar-refractivity contribution in [3.8, 4) is 11.5 Å². The van der Waals surface area contributed by atoms with Crippen LogP contribution in [0.15, 0.2) is 60.0 Å². The van der Waals surface area contributed by atoms with Crippen molar-refractivity contribution in [3.63, 3.8) is 0 Å². The van der Waals surface area contributed by atoms with E-state index in [-0.39, 0.29) is 30.9 Å². The minimum absolute atomic E-state index is 0.0641. The normalized spacial score (nSPS) is 14.4. The highest BCUT2D eigenvalue weighted by molar-refractivity contribution is 7.09. The maximum Gasteiger partial charge on any atom is 0.247 e. The minimum Gasteiger partial charge on any atom is -0.493 e. The summed E-state index contributed by atoms with van der Waals surface area (Å²) in [6.07, 6.45) is 4.01. The second kappa shape index (κ2) is 11.6. The molecule has 9 nitrogen and oxygen atoms in total. The SMILES string of the molecule is COc1cccc([C@H](C(=O)NC2CCCC2)N(Cc2cccs2)C(=O)Cn2nnc3ccccc32)c1OC. The van der Waals surface area contributed by atoms with Gasteiger partial charge in [-0.05, 0) is 42.5 Å². The highest BCUT2D eigenvalue weighted by Crippen LogP contribution is 2.38. The molecule has 2 aromatic heterocycles. The molecule has 1 saturated carbocycles. The van der Waals surface area contributed by atoms with Crippen LogP contribution in [0.2, 0.25) is 0 Å². The van der Waals surface area contributed by atoms with Crippen molar-refractivity contribution in [2.24, 2.45) is 0 Å². The van der Waals surface area contributed by atoms with Crippen molar-refractivity contribution in [3.05, 3.63) is 70.4 Å². The topological polar surface area (TPSA) is 98.6 Å². The smallest absolute Gasteiger partial charge is 0.247 e. The molecule has 38 heavy (non-hydrogen) atoms. The van der Waals surface area contributed by atoms with Gasteiger partial charge in [0.15, 0.2) is 11.5 Å². The first-order valence-corrected chi connectivity index (χ1v) is 13.6. The van der Waals surface area contributed by atoms with E-state index in [1.165, 1.54) is 11.3 Å². The Morgan fingerprint density at radius 3 is 2.63 bits per heavy atom. The summed E-state index contributed by atoms with van der Waals surface area (Å²) < 4.78 is 12.8. The van der Waals surface area contributed by atoms with Gasteiger partial charge in [0.1, 0.15) is 18.1 Å². The second-order valence-electron chi connectivity index (χ2n) is 9.31. The van der Waals surface area contributed by atoms with E-state index in [0.29, 0.717) is 22.6 Å². The maximum absolute atomic E-state index is 14.1. The highest BCUT2D eigenvalue weighted by Gasteiger charge is 2.36. The Hall–Kier alpha value is -3.92. The molecule has 0 radical (unpaired) electrons. The number of aromatic nitrogens is 3. The Morgan fingerprint density at radius 2 is 1.89 bits per heavy atom. The number of benzene rings is 2. The van der Waals surface area contributed by atoms with E-state index in [1.54, 1.807) is 29.9 Å². The van der Waals surface area contributed by atoms with Crippen LogP contribution in [0.25, 0.3) is 11.0 Å². The number of fused-ring (bicyclic) bond motifs is 1. The molecule has 1 atom stereocenters. The van der Waals surface area contributed by atoms with Crippen LogP contribution in [-0.2, 0) is 22.7 Å². The number of amides is 2. The van der Waals surface area contributed by atoms with Crippen molar-refractivity contribution in [1.82, 2.24) is 25.2 Å². The number of nitrogens with one attached hydrogen (secondary N) is 1. The Bertz CT molecular complexity index is 1400. The van der Waals surface area contributed by atoms with Gasteiger partial charge in [0.25, 0.3) is 0 Å². The summed E-state index contributed by atoms with van der Waals surface area (Å²) in [5, 5.41) is 13.6. The van der Waals surface area contributed by atoms with E-state index >= 15 is 0 Å². The van der Waals surface area contributed by atoms with Gasteiger partial charge in [-0.25, -0.2) is 4.68 Å². The van der Waals surface area contributed by atoms with E-state index in [0.717, 1.165) is 36.1 Å². The van der Waals surface area contributed by atoms with Crippen molar-refractivity contribution in [2.75, 3.05) is 14.2 Å². The fourth-order valence-electron chi connectivity index (χ4n) is 5.08. The summed E-state index contributed by atoms with van der Waals surface area (Å²) in [4.78, 5) is 30.7. The molecule has 1 N–H and O–H groups in total. The van der Waals surface area contributed by atoms with Crippen LogP contribution in [0.5, 0.6) is 11.5 Å². The van der Waals surface area contributed by atoms with Gasteiger partial charge < -0.3 is 19.7 Å². The lowest BCUT2D eigenvalue weighted by molar-refractivity contribution is -0.142. The molecule has 0 bridgehead atoms. The van der Waals surface area contributed by atoms with Gasteiger partial charge in [0.05, 0.1) is 26.3 Å². The van der Waals surface area contributed by atoms with Crippen LogP contribution in [0, 0.1) is 0 Å². The molecule has 2 aromatic carbocycles. The zero-order valence-corrected chi connectivity index (χ0v) is 22.3. The predicted molar refractivity (Wildman–Crippen MR) is 145 cm³/mol. The summed E-state index contributed by atoms with van der Waals surface area (Å²) in [5.74, 6) is 0.425. The Kier molecular flexibility index (Phi) is 7.88. The number of rotatable bonds is 10. The lowest BCUT2D eigenvalue weighted by Crippen LogP contribution is -2.46. The van der Waals surface area contributed by atoms with Gasteiger partial charge >= 0.3 is 0 Å². The average molecular weight is 534 g/mol. The largest absolute Gasteiger partial charge is 0.493 e.